The molecule has 1 saturated heterocycles. The van der Waals surface area contributed by atoms with Gasteiger partial charge in [0.1, 0.15) is 0 Å². The minimum Gasteiger partial charge on any atom is -0.481 e. The average Bonchev–Trinajstić information content (AvgIpc) is 0.841. The predicted molar refractivity (Wildman–Crippen MR) is 443 cm³/mol. The molecule has 0 radical (unpaired) electrons. The number of rotatable bonds is 79. The van der Waals surface area contributed by atoms with Crippen LogP contribution in [0.1, 0.15) is 403 Å². The smallest absolute Gasteiger partial charge is 0.309 e. The first kappa shape index (κ1) is 100. The maximum Gasteiger partial charge on any atom is 0.309 e. The van der Waals surface area contributed by atoms with Crippen molar-refractivity contribution in [3.63, 3.8) is 0 Å². The van der Waals surface area contributed by atoms with Crippen molar-refractivity contribution < 1.29 is 48.4 Å². The second-order valence-electron chi connectivity index (χ2n) is 32.8. The molecular formula is C90H175N5O10. The SMILES string of the molecule is CCCCCCC(CCCC)C(=O)OCCCCN(CCCCOC(=O)C(CCCC)CCCCCC)CCN(CCCCOC(=O)C(CCCC)CCCCCC)CCN1CCN(CCN(CCCCC(CCCC)(CCCCCC)C(=O)O)CCCCC(CCCC)(CCCCCC)C(=O)O)CC1. The van der Waals surface area contributed by atoms with E-state index in [1.807, 2.05) is 0 Å². The summed E-state index contributed by atoms with van der Waals surface area (Å²) in [7, 11) is 0. The average molecular weight is 1490 g/mol. The Morgan fingerprint density at radius 1 is 0.276 bits per heavy atom. The van der Waals surface area contributed by atoms with E-state index in [0.29, 0.717) is 19.8 Å². The number of piperazine rings is 1. The lowest BCUT2D eigenvalue weighted by Crippen LogP contribution is -2.50. The van der Waals surface area contributed by atoms with Crippen molar-refractivity contribution in [3.8, 4) is 0 Å². The Kier molecular flexibility index (Phi) is 65.9. The number of carboxylic acids is 2. The van der Waals surface area contributed by atoms with E-state index < -0.39 is 22.8 Å². The summed E-state index contributed by atoms with van der Waals surface area (Å²) in [5, 5.41) is 21.6. The summed E-state index contributed by atoms with van der Waals surface area (Å²) in [6.45, 7) is 37.9. The number of carbonyl (C=O) groups is 5. The Balaban J connectivity index is 3.41. The molecule has 0 amide bonds. The number of nitrogens with zero attached hydrogens (tertiary/aromatic N) is 5. The molecule has 5 atom stereocenters. The number of esters is 3. The van der Waals surface area contributed by atoms with Crippen LogP contribution in [0.4, 0.5) is 0 Å². The molecule has 0 saturated carbocycles. The molecule has 105 heavy (non-hydrogen) atoms. The fourth-order valence-electron chi connectivity index (χ4n) is 16.0. The van der Waals surface area contributed by atoms with Crippen molar-refractivity contribution in [2.75, 3.05) is 118 Å². The van der Waals surface area contributed by atoms with Gasteiger partial charge in [-0.2, -0.15) is 0 Å². The molecular weight excluding hydrogens is 1310 g/mol. The molecule has 2 N–H and O–H groups in total. The van der Waals surface area contributed by atoms with E-state index in [0.717, 1.165) is 374 Å². The number of unbranched alkanes of at least 4 members (excludes halogenated alkanes) is 25. The number of aliphatic carboxylic acids is 2. The summed E-state index contributed by atoms with van der Waals surface area (Å²) >= 11 is 0. The van der Waals surface area contributed by atoms with Gasteiger partial charge in [0.15, 0.2) is 0 Å². The fourth-order valence-corrected chi connectivity index (χ4v) is 16.0. The molecule has 15 heteroatoms. The highest BCUT2D eigenvalue weighted by atomic mass is 16.5. The van der Waals surface area contributed by atoms with E-state index in [-0.39, 0.29) is 35.7 Å². The molecule has 0 bridgehead atoms. The second-order valence-corrected chi connectivity index (χ2v) is 32.8. The van der Waals surface area contributed by atoms with E-state index in [2.05, 4.69) is 93.7 Å². The zero-order chi connectivity index (χ0) is 77.1. The summed E-state index contributed by atoms with van der Waals surface area (Å²) in [4.78, 5) is 79.9. The van der Waals surface area contributed by atoms with Gasteiger partial charge in [-0.25, -0.2) is 0 Å². The van der Waals surface area contributed by atoms with Crippen LogP contribution in [-0.4, -0.2) is 183 Å². The van der Waals surface area contributed by atoms with Crippen molar-refractivity contribution in [1.82, 2.24) is 24.5 Å². The van der Waals surface area contributed by atoms with Crippen molar-refractivity contribution in [2.45, 2.75) is 403 Å². The Morgan fingerprint density at radius 2 is 0.505 bits per heavy atom. The highest BCUT2D eigenvalue weighted by Crippen LogP contribution is 2.39. The Hall–Kier alpha value is -2.85. The lowest BCUT2D eigenvalue weighted by atomic mass is 9.74. The first-order valence-electron chi connectivity index (χ1n) is 45.7. The fraction of sp³-hybridized carbons (Fsp3) is 0.944. The van der Waals surface area contributed by atoms with Gasteiger partial charge in [0.05, 0.1) is 48.4 Å². The second kappa shape index (κ2) is 69.1. The summed E-state index contributed by atoms with van der Waals surface area (Å²) < 4.78 is 18.1. The molecule has 1 aliphatic rings. The molecule has 1 fully saturated rings. The third kappa shape index (κ3) is 50.6. The molecule has 15 nitrogen and oxygen atoms in total. The van der Waals surface area contributed by atoms with Crippen molar-refractivity contribution in [1.29, 1.82) is 0 Å². The molecule has 0 spiro atoms. The van der Waals surface area contributed by atoms with E-state index in [4.69, 9.17) is 14.2 Å². The summed E-state index contributed by atoms with van der Waals surface area (Å²) in [5.41, 5.74) is -1.28. The highest BCUT2D eigenvalue weighted by Gasteiger charge is 2.38. The quantitative estimate of drug-likeness (QED) is 0.0335. The highest BCUT2D eigenvalue weighted by molar-refractivity contribution is 5.75. The van der Waals surface area contributed by atoms with Crippen LogP contribution in [0.5, 0.6) is 0 Å². The van der Waals surface area contributed by atoms with E-state index in [9.17, 15) is 34.2 Å². The molecule has 1 heterocycles. The number of ether oxygens (including phenoxy) is 3. The van der Waals surface area contributed by atoms with Crippen LogP contribution in [0.15, 0.2) is 0 Å². The maximum absolute atomic E-state index is 13.5. The topological polar surface area (TPSA) is 170 Å². The largest absolute Gasteiger partial charge is 0.481 e. The first-order valence-corrected chi connectivity index (χ1v) is 45.7. The van der Waals surface area contributed by atoms with Gasteiger partial charge in [0, 0.05) is 65.4 Å². The minimum atomic E-state index is -0.640. The van der Waals surface area contributed by atoms with Gasteiger partial charge in [0.2, 0.25) is 0 Å². The van der Waals surface area contributed by atoms with E-state index in [1.54, 1.807) is 0 Å². The van der Waals surface area contributed by atoms with Crippen LogP contribution in [0.3, 0.4) is 0 Å². The van der Waals surface area contributed by atoms with Crippen LogP contribution >= 0.6 is 0 Å². The third-order valence-electron chi connectivity index (χ3n) is 23.6. The molecule has 0 aromatic heterocycles. The maximum atomic E-state index is 13.5. The van der Waals surface area contributed by atoms with Gasteiger partial charge in [0.25, 0.3) is 0 Å². The third-order valence-corrected chi connectivity index (χ3v) is 23.6. The Labute approximate surface area is 649 Å². The Morgan fingerprint density at radius 3 is 0.781 bits per heavy atom. The molecule has 1 rings (SSSR count). The molecule has 1 aliphatic heterocycles. The van der Waals surface area contributed by atoms with Gasteiger partial charge < -0.3 is 39.1 Å². The zero-order valence-corrected chi connectivity index (χ0v) is 71.1. The molecule has 0 aromatic carbocycles. The lowest BCUT2D eigenvalue weighted by Gasteiger charge is -2.37. The molecule has 5 unspecified atom stereocenters. The van der Waals surface area contributed by atoms with Crippen LogP contribution in [0, 0.1) is 28.6 Å². The Bertz CT molecular complexity index is 1930. The molecule has 620 valence electrons. The van der Waals surface area contributed by atoms with Gasteiger partial charge in [-0.1, -0.05) is 275 Å². The molecule has 0 aromatic rings. The van der Waals surface area contributed by atoms with Crippen LogP contribution in [0.25, 0.3) is 0 Å². The number of carboxylic acid groups (broad SMARTS) is 2. The van der Waals surface area contributed by atoms with Gasteiger partial charge in [-0.15, -0.1) is 0 Å². The monoisotopic (exact) mass is 1490 g/mol. The van der Waals surface area contributed by atoms with Gasteiger partial charge in [-0.3, -0.25) is 33.8 Å². The summed E-state index contributed by atoms with van der Waals surface area (Å²) in [6, 6.07) is 0. The minimum absolute atomic E-state index is 0.0000693. The van der Waals surface area contributed by atoms with E-state index in [1.165, 1.54) is 57.8 Å². The number of carbonyl (C=O) groups excluding carboxylic acids is 3. The standard InChI is InChI=1S/C90H175N5O10/c1-11-21-31-36-54-81(51-26-16-6)84(96)103-78-48-45-65-92(66-46-49-79-104-85(97)82(52-27-17-7)55-37-32-22-12-2)68-70-93(67-47-50-80-105-86(98)83(53-28-18-8)56-38-33-23-13-3)71-73-95-76-74-94(75-77-95)72-69-91(63-43-41-61-89(87(99)100,57-29-19-9)59-39-34-24-14-4)64-44-42-62-90(88(101)102,58-30-20-10)60-40-35-25-15-5/h81-83H,11-80H2,1-10H3,(H,99,100)(H,101,102). The van der Waals surface area contributed by atoms with Crippen molar-refractivity contribution >= 4 is 29.8 Å². The van der Waals surface area contributed by atoms with Crippen molar-refractivity contribution in [2.24, 2.45) is 28.6 Å². The predicted octanol–water partition coefficient (Wildman–Crippen LogP) is 22.6. The van der Waals surface area contributed by atoms with Crippen molar-refractivity contribution in [3.05, 3.63) is 0 Å². The summed E-state index contributed by atoms with van der Waals surface area (Å²) in [5.74, 6) is -1.23. The van der Waals surface area contributed by atoms with E-state index >= 15 is 0 Å². The number of hydrogen-bond acceptors (Lipinski definition) is 13. The van der Waals surface area contributed by atoms with Crippen LogP contribution < -0.4 is 0 Å². The van der Waals surface area contributed by atoms with Crippen LogP contribution in [-0.2, 0) is 38.2 Å². The van der Waals surface area contributed by atoms with Crippen LogP contribution in [0.2, 0.25) is 0 Å². The van der Waals surface area contributed by atoms with Gasteiger partial charge in [-0.05, 0) is 161 Å². The number of hydrogen-bond donors (Lipinski definition) is 2. The summed E-state index contributed by atoms with van der Waals surface area (Å²) in [6.07, 6.45) is 52.3. The van der Waals surface area contributed by atoms with Gasteiger partial charge >= 0.3 is 29.8 Å². The first-order chi connectivity index (χ1) is 51.1. The normalized spacial score (nSPS) is 15.1. The lowest BCUT2D eigenvalue weighted by molar-refractivity contribution is -0.151. The zero-order valence-electron chi connectivity index (χ0n) is 71.1. The molecule has 0 aliphatic carbocycles.